The second-order valence-electron chi connectivity index (χ2n) is 8.73. The number of hydrogen-bond acceptors (Lipinski definition) is 5. The Balaban J connectivity index is 1.42. The van der Waals surface area contributed by atoms with Crippen molar-refractivity contribution in [2.45, 2.75) is 61.9 Å². The molecule has 1 atom stereocenters. The molecule has 0 unspecified atom stereocenters. The van der Waals surface area contributed by atoms with Gasteiger partial charge in [-0.3, -0.25) is 4.79 Å². The summed E-state index contributed by atoms with van der Waals surface area (Å²) in [5.74, 6) is 0.825. The van der Waals surface area contributed by atoms with E-state index in [1.165, 1.54) is 32.2 Å². The molecule has 4 rings (SSSR count). The first-order valence-electron chi connectivity index (χ1n) is 12.5. The van der Waals surface area contributed by atoms with E-state index in [4.69, 9.17) is 9.72 Å². The van der Waals surface area contributed by atoms with Gasteiger partial charge >= 0.3 is 0 Å². The van der Waals surface area contributed by atoms with Gasteiger partial charge in [-0.2, -0.15) is 0 Å². The maximum atomic E-state index is 13.2. The minimum atomic E-state index is -0.0298. The van der Waals surface area contributed by atoms with E-state index in [9.17, 15) is 4.79 Å². The van der Waals surface area contributed by atoms with Crippen LogP contribution in [0.25, 0.3) is 10.9 Å². The van der Waals surface area contributed by atoms with Gasteiger partial charge in [0.2, 0.25) is 0 Å². The maximum absolute atomic E-state index is 13.2. The summed E-state index contributed by atoms with van der Waals surface area (Å²) in [5.41, 5.74) is 1.52. The molecule has 1 fully saturated rings. The van der Waals surface area contributed by atoms with Crippen LogP contribution in [-0.2, 0) is 0 Å². The van der Waals surface area contributed by atoms with Crippen LogP contribution < -0.4 is 10.1 Å². The van der Waals surface area contributed by atoms with Crippen molar-refractivity contribution in [2.75, 3.05) is 26.2 Å². The molecule has 34 heavy (non-hydrogen) atoms. The number of ether oxygens (including phenoxy) is 1. The van der Waals surface area contributed by atoms with Crippen LogP contribution in [0.5, 0.6) is 5.75 Å². The Morgan fingerprint density at radius 3 is 2.76 bits per heavy atom. The van der Waals surface area contributed by atoms with Crippen LogP contribution >= 0.6 is 11.8 Å². The lowest BCUT2D eigenvalue weighted by Crippen LogP contribution is -2.40. The summed E-state index contributed by atoms with van der Waals surface area (Å²) < 4.78 is 5.54. The van der Waals surface area contributed by atoms with Crippen molar-refractivity contribution < 1.29 is 9.53 Å². The Morgan fingerprint density at radius 2 is 1.97 bits per heavy atom. The molecule has 3 aromatic rings. The summed E-state index contributed by atoms with van der Waals surface area (Å²) >= 11 is 1.56. The van der Waals surface area contributed by atoms with E-state index in [-0.39, 0.29) is 5.91 Å². The van der Waals surface area contributed by atoms with Crippen molar-refractivity contribution in [1.29, 1.82) is 0 Å². The van der Waals surface area contributed by atoms with Gasteiger partial charge in [0.15, 0.2) is 0 Å². The van der Waals surface area contributed by atoms with Gasteiger partial charge in [-0.25, -0.2) is 4.98 Å². The molecule has 5 nitrogen and oxygen atoms in total. The maximum Gasteiger partial charge on any atom is 0.252 e. The number of likely N-dealkylation sites (tertiary alicyclic amines) is 1. The molecule has 180 valence electrons. The number of piperidine rings is 1. The number of benzene rings is 2. The summed E-state index contributed by atoms with van der Waals surface area (Å²) in [6.07, 6.45) is 6.13. The van der Waals surface area contributed by atoms with E-state index >= 15 is 0 Å². The Labute approximate surface area is 207 Å². The van der Waals surface area contributed by atoms with Crippen LogP contribution in [0.15, 0.2) is 64.5 Å². The molecular weight excluding hydrogens is 442 g/mol. The zero-order chi connectivity index (χ0) is 23.8. The second-order valence-corrected chi connectivity index (χ2v) is 9.83. The van der Waals surface area contributed by atoms with Crippen LogP contribution in [0, 0.1) is 0 Å². The zero-order valence-corrected chi connectivity index (χ0v) is 21.1. The number of rotatable bonds is 10. The molecule has 0 radical (unpaired) electrons. The third-order valence-electron chi connectivity index (χ3n) is 6.42. The summed E-state index contributed by atoms with van der Waals surface area (Å²) in [5, 5.41) is 4.86. The molecule has 1 N–H and O–H groups in total. The van der Waals surface area contributed by atoms with Crippen LogP contribution in [0.2, 0.25) is 0 Å². The summed E-state index contributed by atoms with van der Waals surface area (Å²) in [7, 11) is 0. The molecule has 0 saturated carbocycles. The van der Waals surface area contributed by atoms with Gasteiger partial charge in [0.1, 0.15) is 10.8 Å². The minimum absolute atomic E-state index is 0.0298. The molecule has 2 aromatic carbocycles. The Hall–Kier alpha value is -2.57. The van der Waals surface area contributed by atoms with E-state index in [0.717, 1.165) is 39.5 Å². The first-order chi connectivity index (χ1) is 16.7. The first kappa shape index (κ1) is 24.6. The van der Waals surface area contributed by atoms with Gasteiger partial charge in [-0.15, -0.1) is 0 Å². The average molecular weight is 478 g/mol. The van der Waals surface area contributed by atoms with E-state index in [0.29, 0.717) is 24.8 Å². The summed E-state index contributed by atoms with van der Waals surface area (Å²) in [6.45, 7) is 7.83. The van der Waals surface area contributed by atoms with Crippen LogP contribution in [0.4, 0.5) is 0 Å². The lowest BCUT2D eigenvalue weighted by atomic mass is 10.00. The van der Waals surface area contributed by atoms with Crippen molar-refractivity contribution in [1.82, 2.24) is 15.2 Å². The highest BCUT2D eigenvalue weighted by atomic mass is 32.2. The van der Waals surface area contributed by atoms with Crippen LogP contribution in [0.3, 0.4) is 0 Å². The zero-order valence-electron chi connectivity index (χ0n) is 20.3. The highest BCUT2D eigenvalue weighted by Crippen LogP contribution is 2.31. The van der Waals surface area contributed by atoms with Gasteiger partial charge in [0.05, 0.1) is 17.7 Å². The number of nitrogens with zero attached hydrogens (tertiary/aromatic N) is 2. The molecule has 0 bridgehead atoms. The van der Waals surface area contributed by atoms with Crippen molar-refractivity contribution in [3.63, 3.8) is 0 Å². The molecule has 0 aliphatic carbocycles. The molecule has 0 spiro atoms. The number of para-hydroxylation sites is 1. The quantitative estimate of drug-likeness (QED) is 0.354. The molecule has 1 aliphatic heterocycles. The number of carbonyl (C=O) groups is 1. The fraction of sp³-hybridized carbons (Fsp3) is 0.429. The van der Waals surface area contributed by atoms with E-state index in [1.807, 2.05) is 61.5 Å². The molecule has 2 heterocycles. The number of carbonyl (C=O) groups excluding carboxylic acids is 1. The van der Waals surface area contributed by atoms with Gasteiger partial charge in [-0.05, 0) is 75.5 Å². The Morgan fingerprint density at radius 1 is 1.15 bits per heavy atom. The highest BCUT2D eigenvalue weighted by molar-refractivity contribution is 7.99. The smallest absolute Gasteiger partial charge is 0.252 e. The third-order valence-corrected chi connectivity index (χ3v) is 7.35. The molecular formula is C28H35N3O2S. The first-order valence-corrected chi connectivity index (χ1v) is 13.3. The number of hydrogen-bond donors (Lipinski definition) is 1. The standard InChI is InChI=1S/C28H35N3O2S/c1-3-21-10-7-8-18-31(21)19-9-17-29-28(32)25-20-27(30-26-12-6-5-11-24(25)26)34-23-15-13-22(14-16-23)33-4-2/h5-6,11-16,20-21H,3-4,7-10,17-19H2,1-2H3,(H,29,32)/t21-/m0/s1. The lowest BCUT2D eigenvalue weighted by molar-refractivity contribution is 0.0948. The van der Waals surface area contributed by atoms with Crippen LogP contribution in [-0.4, -0.2) is 48.1 Å². The number of nitrogens with one attached hydrogen (secondary N) is 1. The molecule has 1 amide bonds. The monoisotopic (exact) mass is 477 g/mol. The topological polar surface area (TPSA) is 54.5 Å². The number of pyridine rings is 1. The number of amides is 1. The highest BCUT2D eigenvalue weighted by Gasteiger charge is 2.20. The van der Waals surface area contributed by atoms with E-state index in [1.54, 1.807) is 11.8 Å². The van der Waals surface area contributed by atoms with E-state index in [2.05, 4.69) is 17.1 Å². The molecule has 6 heteroatoms. The SMILES string of the molecule is CCOc1ccc(Sc2cc(C(=O)NCCCN3CCCC[C@@H]3CC)c3ccccc3n2)cc1. The van der Waals surface area contributed by atoms with Crippen molar-refractivity contribution in [3.8, 4) is 5.75 Å². The normalized spacial score (nSPS) is 16.5. The van der Waals surface area contributed by atoms with Crippen molar-refractivity contribution >= 4 is 28.6 Å². The fourth-order valence-electron chi connectivity index (χ4n) is 4.68. The summed E-state index contributed by atoms with van der Waals surface area (Å²) in [4.78, 5) is 21.6. The molecule has 1 saturated heterocycles. The predicted molar refractivity (Wildman–Crippen MR) is 140 cm³/mol. The molecule has 1 aliphatic rings. The van der Waals surface area contributed by atoms with Crippen LogP contribution in [0.1, 0.15) is 56.3 Å². The minimum Gasteiger partial charge on any atom is -0.494 e. The fourth-order valence-corrected chi connectivity index (χ4v) is 5.51. The largest absolute Gasteiger partial charge is 0.494 e. The summed E-state index contributed by atoms with van der Waals surface area (Å²) in [6, 6.07) is 18.5. The molecule has 1 aromatic heterocycles. The number of aromatic nitrogens is 1. The third kappa shape index (κ3) is 6.30. The number of fused-ring (bicyclic) bond motifs is 1. The van der Waals surface area contributed by atoms with Gasteiger partial charge in [0, 0.05) is 29.4 Å². The second kappa shape index (κ2) is 12.2. The Bertz CT molecular complexity index is 1090. The predicted octanol–water partition coefficient (Wildman–Crippen LogP) is 6.17. The van der Waals surface area contributed by atoms with Gasteiger partial charge in [-0.1, -0.05) is 43.3 Å². The average Bonchev–Trinajstić information content (AvgIpc) is 2.87. The van der Waals surface area contributed by atoms with Crippen molar-refractivity contribution in [2.24, 2.45) is 0 Å². The lowest BCUT2D eigenvalue weighted by Gasteiger charge is -2.35. The van der Waals surface area contributed by atoms with Crippen molar-refractivity contribution in [3.05, 3.63) is 60.2 Å². The van der Waals surface area contributed by atoms with E-state index < -0.39 is 0 Å². The Kier molecular flexibility index (Phi) is 8.83. The van der Waals surface area contributed by atoms with Gasteiger partial charge in [0.25, 0.3) is 5.91 Å². The van der Waals surface area contributed by atoms with Gasteiger partial charge < -0.3 is 15.0 Å².